The fourth-order valence-corrected chi connectivity index (χ4v) is 13.7. The number of primary amides is 1. The van der Waals surface area contributed by atoms with Crippen LogP contribution in [-0.4, -0.2) is 192 Å². The zero-order valence-corrected chi connectivity index (χ0v) is 68.6. The minimum atomic E-state index is -1.97. The van der Waals surface area contributed by atoms with E-state index < -0.39 is 132 Å². The van der Waals surface area contributed by atoms with E-state index in [0.717, 1.165) is 122 Å². The number of rotatable bonds is 73. The van der Waals surface area contributed by atoms with Crippen molar-refractivity contribution in [2.75, 3.05) is 52.4 Å². The van der Waals surface area contributed by atoms with Crippen LogP contribution in [0.5, 0.6) is 0 Å². The summed E-state index contributed by atoms with van der Waals surface area (Å²) in [6, 6.07) is -15.5. The summed E-state index contributed by atoms with van der Waals surface area (Å²) in [5.74, 6) is -10.6. The van der Waals surface area contributed by atoms with Gasteiger partial charge in [-0.05, 0) is 174 Å². The number of nitrogens with zero attached hydrogens (tertiary/aromatic N) is 3. The highest BCUT2D eigenvalue weighted by atomic mass is 16.2. The first-order valence-corrected chi connectivity index (χ1v) is 43.0. The topological polar surface area (TPSA) is 558 Å². The third-order valence-corrected chi connectivity index (χ3v) is 20.5. The number of nitrogens with two attached hydrogens (primary N) is 12. The third-order valence-electron chi connectivity index (χ3n) is 20.5. The van der Waals surface area contributed by atoms with Gasteiger partial charge >= 0.3 is 0 Å². The van der Waals surface area contributed by atoms with Crippen molar-refractivity contribution < 1.29 is 52.7 Å². The molecule has 0 aliphatic heterocycles. The second-order valence-electron chi connectivity index (χ2n) is 30.3. The average molecular weight is 1560 g/mol. The standard InChI is InChI=1S/C80H159N19O11/c1-4-7-10-13-16-19-22-25-46-64(71(101)93-59-70(92)100)94-72(102)65(47-26-23-20-17-14-11-8-5-2)95-73(103)66(48-27-24-21-18-15-12-9-6-3)96-74(104)67(49-32-39-56-85)97(79(109)68(50-33-40-57-86)98(75(105)60(88)42-28-35-52-81)76(106)61(89)43-29-36-53-82)80(110)69(51-34-41-58-87)99(77(107)62(90)44-30-37-54-83)78(108)63(91)45-31-38-55-84/h60-69H,4-59,81-91H2,1-3H3,(H2,92,100)(H,93,101)(H,94,102)(H,95,103)(H,96,104)/t60-,61-,62-,63-,64?,65?,66?,67-,68-,69-/m0/s1. The summed E-state index contributed by atoms with van der Waals surface area (Å²) in [5, 5.41) is 11.4. The van der Waals surface area contributed by atoms with Gasteiger partial charge in [0.2, 0.25) is 53.2 Å². The number of carbonyl (C=O) groups excluding carboxylic acids is 11. The van der Waals surface area contributed by atoms with Crippen LogP contribution in [0.2, 0.25) is 0 Å². The Hall–Kier alpha value is -5.67. The van der Waals surface area contributed by atoms with Crippen molar-refractivity contribution in [3.05, 3.63) is 0 Å². The highest BCUT2D eigenvalue weighted by Gasteiger charge is 2.49. The van der Waals surface area contributed by atoms with E-state index in [0.29, 0.717) is 98.2 Å². The molecule has 0 saturated heterocycles. The van der Waals surface area contributed by atoms with Crippen molar-refractivity contribution >= 4 is 65.0 Å². The summed E-state index contributed by atoms with van der Waals surface area (Å²) < 4.78 is 0. The van der Waals surface area contributed by atoms with Crippen molar-refractivity contribution in [2.24, 2.45) is 68.8 Å². The Morgan fingerprint density at radius 1 is 0.245 bits per heavy atom. The van der Waals surface area contributed by atoms with Crippen molar-refractivity contribution in [1.29, 1.82) is 0 Å². The first-order valence-electron chi connectivity index (χ1n) is 43.0. The number of hydrogen-bond acceptors (Lipinski definition) is 22. The van der Waals surface area contributed by atoms with E-state index in [9.17, 15) is 9.59 Å². The molecule has 0 rings (SSSR count). The molecular formula is C80H159N19O11. The van der Waals surface area contributed by atoms with E-state index in [1.807, 2.05) is 0 Å². The summed E-state index contributed by atoms with van der Waals surface area (Å²) in [5.41, 5.74) is 74.4. The van der Waals surface area contributed by atoms with Gasteiger partial charge in [0.25, 0.3) is 11.8 Å². The number of unbranched alkanes of at least 4 members (excludes halogenated alkanes) is 28. The SMILES string of the molecule is CCCCCCCCCCC(NC(=O)C(CCCCCCCCCC)NC(=O)C(CCCCCCCCCC)NC(=O)[C@H](CCCCN)N(C(=O)[C@H](CCCCN)N(C(=O)[C@@H](N)CCCCN)C(=O)[C@@H](N)CCCCN)C(=O)[C@H](CCCCN)N(C(=O)[C@@H](N)CCCCN)C(=O)[C@@H](N)CCCCN)C(=O)NCC(N)=O. The lowest BCUT2D eigenvalue weighted by Gasteiger charge is -2.41. The van der Waals surface area contributed by atoms with Crippen molar-refractivity contribution in [3.8, 4) is 0 Å². The van der Waals surface area contributed by atoms with E-state index in [1.165, 1.54) is 0 Å². The van der Waals surface area contributed by atoms with Gasteiger partial charge in [0.15, 0.2) is 0 Å². The van der Waals surface area contributed by atoms with Crippen molar-refractivity contribution in [1.82, 2.24) is 36.0 Å². The second kappa shape index (κ2) is 67.8. The summed E-state index contributed by atoms with van der Waals surface area (Å²) in [7, 11) is 0. The number of carbonyl (C=O) groups is 11. The lowest BCUT2D eigenvalue weighted by molar-refractivity contribution is -0.167. The molecule has 28 N–H and O–H groups in total. The molecule has 10 atom stereocenters. The minimum Gasteiger partial charge on any atom is -0.368 e. The molecule has 640 valence electrons. The highest BCUT2D eigenvalue weighted by molar-refractivity contribution is 6.11. The third kappa shape index (κ3) is 45.3. The molecule has 0 fully saturated rings. The van der Waals surface area contributed by atoms with Crippen LogP contribution in [-0.2, 0) is 52.7 Å². The summed E-state index contributed by atoms with van der Waals surface area (Å²) in [6.45, 7) is 7.21. The minimum absolute atomic E-state index is 0.00824. The molecule has 0 aromatic heterocycles. The molecule has 11 amide bonds. The lowest BCUT2D eigenvalue weighted by atomic mass is 9.96. The molecule has 3 unspecified atom stereocenters. The van der Waals surface area contributed by atoms with Crippen LogP contribution < -0.4 is 90.1 Å². The van der Waals surface area contributed by atoms with Crippen LogP contribution in [0.1, 0.15) is 329 Å². The summed E-state index contributed by atoms with van der Waals surface area (Å²) in [4.78, 5) is 171. The molecule has 30 nitrogen and oxygen atoms in total. The number of amides is 11. The first-order chi connectivity index (χ1) is 53.0. The Labute approximate surface area is 661 Å². The van der Waals surface area contributed by atoms with Crippen LogP contribution in [0.25, 0.3) is 0 Å². The molecule has 0 bridgehead atoms. The van der Waals surface area contributed by atoms with E-state index in [1.54, 1.807) is 0 Å². The van der Waals surface area contributed by atoms with E-state index in [2.05, 4.69) is 42.0 Å². The van der Waals surface area contributed by atoms with Gasteiger partial charge in [-0.25, -0.2) is 0 Å². The van der Waals surface area contributed by atoms with Crippen LogP contribution in [0.15, 0.2) is 0 Å². The largest absolute Gasteiger partial charge is 0.368 e. The molecule has 0 spiro atoms. The molecular weight excluding hydrogens is 1400 g/mol. The van der Waals surface area contributed by atoms with Gasteiger partial charge in [-0.2, -0.15) is 0 Å². The van der Waals surface area contributed by atoms with Gasteiger partial charge < -0.3 is 90.1 Å². The molecule has 0 aliphatic carbocycles. The summed E-state index contributed by atoms with van der Waals surface area (Å²) >= 11 is 0. The van der Waals surface area contributed by atoms with Crippen LogP contribution in [0, 0.1) is 0 Å². The second-order valence-corrected chi connectivity index (χ2v) is 30.3. The maximum absolute atomic E-state index is 17.0. The zero-order valence-electron chi connectivity index (χ0n) is 68.6. The van der Waals surface area contributed by atoms with E-state index in [-0.39, 0.29) is 149 Å². The zero-order chi connectivity index (χ0) is 82.3. The average Bonchev–Trinajstić information content (AvgIpc) is 0.774. The highest BCUT2D eigenvalue weighted by Crippen LogP contribution is 2.27. The van der Waals surface area contributed by atoms with E-state index >= 15 is 43.2 Å². The van der Waals surface area contributed by atoms with E-state index in [4.69, 9.17) is 68.8 Å². The monoisotopic (exact) mass is 1560 g/mol. The molecule has 110 heavy (non-hydrogen) atoms. The molecule has 30 heteroatoms. The molecule has 0 aromatic carbocycles. The van der Waals surface area contributed by atoms with Gasteiger partial charge in [-0.15, -0.1) is 0 Å². The quantitative estimate of drug-likeness (QED) is 0.0355. The van der Waals surface area contributed by atoms with Crippen molar-refractivity contribution in [2.45, 2.75) is 389 Å². The van der Waals surface area contributed by atoms with Gasteiger partial charge in [-0.1, -0.05) is 201 Å². The number of imide groups is 3. The van der Waals surface area contributed by atoms with Gasteiger partial charge in [0.05, 0.1) is 30.7 Å². The predicted molar refractivity (Wildman–Crippen MR) is 439 cm³/mol. The van der Waals surface area contributed by atoms with Crippen LogP contribution in [0.4, 0.5) is 0 Å². The van der Waals surface area contributed by atoms with Gasteiger partial charge in [-0.3, -0.25) is 67.4 Å². The smallest absolute Gasteiger partial charge is 0.253 e. The predicted octanol–water partition coefficient (Wildman–Crippen LogP) is 5.02. The Morgan fingerprint density at radius 3 is 0.709 bits per heavy atom. The Bertz CT molecular complexity index is 2370. The van der Waals surface area contributed by atoms with Crippen molar-refractivity contribution in [3.63, 3.8) is 0 Å². The Morgan fingerprint density at radius 2 is 0.455 bits per heavy atom. The molecule has 0 radical (unpaired) electrons. The summed E-state index contributed by atoms with van der Waals surface area (Å²) in [6.07, 6.45) is 25.1. The number of nitrogens with one attached hydrogen (secondary N) is 4. The maximum atomic E-state index is 17.0. The molecule has 0 aromatic rings. The molecule has 0 heterocycles. The van der Waals surface area contributed by atoms with Gasteiger partial charge in [0, 0.05) is 0 Å². The fourth-order valence-electron chi connectivity index (χ4n) is 13.7. The van der Waals surface area contributed by atoms with Crippen LogP contribution >= 0.6 is 0 Å². The lowest BCUT2D eigenvalue weighted by Crippen LogP contribution is -2.67. The Kier molecular flexibility index (Phi) is 64.3. The molecule has 0 aliphatic rings. The van der Waals surface area contributed by atoms with Gasteiger partial charge in [0.1, 0.15) is 36.3 Å². The first kappa shape index (κ1) is 104. The normalized spacial score (nSPS) is 14.2. The number of hydrogen-bond donors (Lipinski definition) is 16. The Balaban J connectivity index is 9.45. The maximum Gasteiger partial charge on any atom is 0.253 e. The molecule has 0 saturated carbocycles. The fraction of sp³-hybridized carbons (Fsp3) is 0.863. The van der Waals surface area contributed by atoms with Crippen LogP contribution in [0.3, 0.4) is 0 Å².